The summed E-state index contributed by atoms with van der Waals surface area (Å²) in [4.78, 5) is 7.98. The molecule has 6 nitrogen and oxygen atoms in total. The zero-order valence-corrected chi connectivity index (χ0v) is 10.6. The Morgan fingerprint density at radius 3 is 2.70 bits per heavy atom. The molecule has 0 aliphatic carbocycles. The lowest BCUT2D eigenvalue weighted by atomic mass is 10.4. The van der Waals surface area contributed by atoms with E-state index in [-0.39, 0.29) is 24.1 Å². The normalized spacial score (nSPS) is 11.8. The minimum Gasteiger partial charge on any atom is -0.384 e. The van der Waals surface area contributed by atoms with E-state index in [9.17, 15) is 13.2 Å². The Morgan fingerprint density at radius 2 is 2.10 bits per heavy atom. The lowest BCUT2D eigenvalue weighted by Crippen LogP contribution is -2.10. The number of nitrogens with two attached hydrogens (primary N) is 1. The van der Waals surface area contributed by atoms with Gasteiger partial charge < -0.3 is 10.5 Å². The monoisotopic (exact) mass is 287 g/mol. The zero-order valence-electron chi connectivity index (χ0n) is 10.6. The second-order valence-electron chi connectivity index (χ2n) is 3.85. The first-order chi connectivity index (χ1) is 9.40. The fourth-order valence-electron chi connectivity index (χ4n) is 1.48. The Morgan fingerprint density at radius 1 is 1.35 bits per heavy atom. The summed E-state index contributed by atoms with van der Waals surface area (Å²) in [7, 11) is 0. The van der Waals surface area contributed by atoms with Gasteiger partial charge in [0.15, 0.2) is 17.3 Å². The van der Waals surface area contributed by atoms with Crippen LogP contribution in [0.15, 0.2) is 18.3 Å². The van der Waals surface area contributed by atoms with E-state index in [2.05, 4.69) is 15.1 Å². The second kappa shape index (κ2) is 5.45. The molecule has 9 heteroatoms. The van der Waals surface area contributed by atoms with Crippen molar-refractivity contribution in [1.82, 2.24) is 19.7 Å². The van der Waals surface area contributed by atoms with Crippen LogP contribution in [0.25, 0.3) is 5.82 Å². The summed E-state index contributed by atoms with van der Waals surface area (Å²) in [5.41, 5.74) is 4.59. The fraction of sp³-hybridized carbons (Fsp3) is 0.364. The highest BCUT2D eigenvalue weighted by Crippen LogP contribution is 2.27. The third-order valence-corrected chi connectivity index (χ3v) is 2.33. The van der Waals surface area contributed by atoms with Crippen molar-refractivity contribution >= 4 is 5.82 Å². The Labute approximate surface area is 112 Å². The van der Waals surface area contributed by atoms with Crippen molar-refractivity contribution in [2.75, 3.05) is 12.3 Å². The Kier molecular flexibility index (Phi) is 3.89. The molecule has 0 bridgehead atoms. The van der Waals surface area contributed by atoms with E-state index >= 15 is 0 Å². The minimum atomic E-state index is -4.50. The van der Waals surface area contributed by atoms with Crippen molar-refractivity contribution < 1.29 is 17.9 Å². The standard InChI is InChI=1S/C11H12F3N5O/c1-2-20-6-9-16-8(15)5-10(17-9)19-4-3-7(18-19)11(12,13)14/h3-5H,2,6H2,1H3,(H2,15,16,17). The van der Waals surface area contributed by atoms with E-state index in [1.54, 1.807) is 6.92 Å². The molecule has 2 heterocycles. The molecule has 0 aliphatic rings. The summed E-state index contributed by atoms with van der Waals surface area (Å²) in [6.07, 6.45) is -3.34. The molecule has 0 saturated heterocycles. The number of hydrogen-bond donors (Lipinski definition) is 1. The van der Waals surface area contributed by atoms with Gasteiger partial charge in [-0.05, 0) is 13.0 Å². The summed E-state index contributed by atoms with van der Waals surface area (Å²) < 4.78 is 43.6. The molecule has 108 valence electrons. The topological polar surface area (TPSA) is 78.9 Å². The highest BCUT2D eigenvalue weighted by Gasteiger charge is 2.33. The van der Waals surface area contributed by atoms with Crippen molar-refractivity contribution in [2.24, 2.45) is 0 Å². The van der Waals surface area contributed by atoms with Gasteiger partial charge >= 0.3 is 6.18 Å². The van der Waals surface area contributed by atoms with Gasteiger partial charge in [0.1, 0.15) is 12.4 Å². The van der Waals surface area contributed by atoms with Crippen LogP contribution in [0.4, 0.5) is 19.0 Å². The van der Waals surface area contributed by atoms with Gasteiger partial charge in [0.05, 0.1) is 0 Å². The van der Waals surface area contributed by atoms with Crippen LogP contribution in [0.1, 0.15) is 18.4 Å². The van der Waals surface area contributed by atoms with Crippen LogP contribution in [0.2, 0.25) is 0 Å². The molecule has 0 amide bonds. The van der Waals surface area contributed by atoms with Crippen molar-refractivity contribution in [3.8, 4) is 5.82 Å². The van der Waals surface area contributed by atoms with Crippen LogP contribution in [-0.4, -0.2) is 26.4 Å². The van der Waals surface area contributed by atoms with Gasteiger partial charge in [-0.25, -0.2) is 14.6 Å². The van der Waals surface area contributed by atoms with E-state index in [0.29, 0.717) is 6.61 Å². The Balaban J connectivity index is 2.32. The van der Waals surface area contributed by atoms with E-state index in [0.717, 1.165) is 16.9 Å². The Bertz CT molecular complexity index is 596. The third kappa shape index (κ3) is 3.23. The molecule has 0 atom stereocenters. The van der Waals surface area contributed by atoms with Gasteiger partial charge in [0.25, 0.3) is 0 Å². The third-order valence-electron chi connectivity index (χ3n) is 2.33. The molecule has 0 saturated carbocycles. The number of ether oxygens (including phenoxy) is 1. The summed E-state index contributed by atoms with van der Waals surface area (Å²) in [5, 5.41) is 3.42. The molecule has 0 unspecified atom stereocenters. The summed E-state index contributed by atoms with van der Waals surface area (Å²) in [6.45, 7) is 2.39. The summed E-state index contributed by atoms with van der Waals surface area (Å²) >= 11 is 0. The van der Waals surface area contributed by atoms with Crippen LogP contribution >= 0.6 is 0 Å². The van der Waals surface area contributed by atoms with Crippen LogP contribution < -0.4 is 5.73 Å². The van der Waals surface area contributed by atoms with Crippen LogP contribution in [0.5, 0.6) is 0 Å². The molecular formula is C11H12F3N5O. The molecule has 2 rings (SSSR count). The van der Waals surface area contributed by atoms with Crippen molar-refractivity contribution in [3.63, 3.8) is 0 Å². The lowest BCUT2D eigenvalue weighted by molar-refractivity contribution is -0.141. The number of anilines is 1. The molecule has 0 aromatic carbocycles. The molecule has 0 aliphatic heterocycles. The Hall–Kier alpha value is -2.16. The number of nitrogen functional groups attached to an aromatic ring is 1. The summed E-state index contributed by atoms with van der Waals surface area (Å²) in [5.74, 6) is 0.572. The van der Waals surface area contributed by atoms with Gasteiger partial charge in [-0.15, -0.1) is 0 Å². The first-order valence-electron chi connectivity index (χ1n) is 5.74. The second-order valence-corrected chi connectivity index (χ2v) is 3.85. The molecule has 20 heavy (non-hydrogen) atoms. The van der Waals surface area contributed by atoms with E-state index < -0.39 is 11.9 Å². The maximum atomic E-state index is 12.5. The van der Waals surface area contributed by atoms with E-state index in [1.807, 2.05) is 0 Å². The highest BCUT2D eigenvalue weighted by molar-refractivity contribution is 5.37. The quantitative estimate of drug-likeness (QED) is 0.927. The number of hydrogen-bond acceptors (Lipinski definition) is 5. The lowest BCUT2D eigenvalue weighted by Gasteiger charge is -2.06. The van der Waals surface area contributed by atoms with Gasteiger partial charge in [-0.3, -0.25) is 0 Å². The van der Waals surface area contributed by atoms with Crippen molar-refractivity contribution in [1.29, 1.82) is 0 Å². The van der Waals surface area contributed by atoms with Gasteiger partial charge in [0, 0.05) is 18.9 Å². The van der Waals surface area contributed by atoms with Crippen molar-refractivity contribution in [2.45, 2.75) is 19.7 Å². The zero-order chi connectivity index (χ0) is 14.8. The maximum absolute atomic E-state index is 12.5. The maximum Gasteiger partial charge on any atom is 0.435 e. The number of nitrogens with zero attached hydrogens (tertiary/aromatic N) is 4. The van der Waals surface area contributed by atoms with Gasteiger partial charge in [-0.1, -0.05) is 0 Å². The van der Waals surface area contributed by atoms with E-state index in [1.165, 1.54) is 6.07 Å². The molecular weight excluding hydrogens is 275 g/mol. The predicted molar refractivity (Wildman–Crippen MR) is 63.9 cm³/mol. The fourth-order valence-corrected chi connectivity index (χ4v) is 1.48. The smallest absolute Gasteiger partial charge is 0.384 e. The van der Waals surface area contributed by atoms with Crippen LogP contribution in [0.3, 0.4) is 0 Å². The average Bonchev–Trinajstić information content (AvgIpc) is 2.85. The first-order valence-corrected chi connectivity index (χ1v) is 5.74. The summed E-state index contributed by atoms with van der Waals surface area (Å²) in [6, 6.07) is 2.20. The first kappa shape index (κ1) is 14.3. The molecule has 0 spiro atoms. The molecule has 2 N–H and O–H groups in total. The number of alkyl halides is 3. The SMILES string of the molecule is CCOCc1nc(N)cc(-n2ccc(C(F)(F)F)n2)n1. The van der Waals surface area contributed by atoms with Crippen molar-refractivity contribution in [3.05, 3.63) is 29.8 Å². The van der Waals surface area contributed by atoms with Crippen LogP contribution in [-0.2, 0) is 17.5 Å². The average molecular weight is 287 g/mol. The van der Waals surface area contributed by atoms with Crippen LogP contribution in [0, 0.1) is 0 Å². The molecule has 0 radical (unpaired) electrons. The van der Waals surface area contributed by atoms with E-state index in [4.69, 9.17) is 10.5 Å². The predicted octanol–water partition coefficient (Wildman–Crippen LogP) is 1.80. The molecule has 2 aromatic rings. The number of rotatable bonds is 4. The minimum absolute atomic E-state index is 0.127. The molecule has 0 fully saturated rings. The van der Waals surface area contributed by atoms with Gasteiger partial charge in [0.2, 0.25) is 0 Å². The van der Waals surface area contributed by atoms with Gasteiger partial charge in [-0.2, -0.15) is 18.3 Å². The number of halogens is 3. The highest BCUT2D eigenvalue weighted by atomic mass is 19.4. The number of aromatic nitrogens is 4. The molecule has 2 aromatic heterocycles. The largest absolute Gasteiger partial charge is 0.435 e.